The Hall–Kier alpha value is -3.35. The lowest BCUT2D eigenvalue weighted by Crippen LogP contribution is -2.59. The highest BCUT2D eigenvalue weighted by molar-refractivity contribution is 7.80. The van der Waals surface area contributed by atoms with Crippen molar-refractivity contribution in [3.05, 3.63) is 18.2 Å². The van der Waals surface area contributed by atoms with E-state index in [1.165, 1.54) is 12.5 Å². The number of carbonyl (C=O) groups is 6. The predicted molar refractivity (Wildman–Crippen MR) is 148 cm³/mol. The van der Waals surface area contributed by atoms with E-state index < -0.39 is 80.7 Å². The maximum absolute atomic E-state index is 13.1. The number of carbonyl (C=O) groups excluding carboxylic acids is 5. The third-order valence-electron chi connectivity index (χ3n) is 5.41. The van der Waals surface area contributed by atoms with Crippen LogP contribution in [0, 0.1) is 5.92 Å². The first-order valence-corrected chi connectivity index (χ1v) is 14.6. The zero-order chi connectivity index (χ0) is 32.0. The van der Waals surface area contributed by atoms with Crippen LogP contribution in [0.2, 0.25) is 0 Å². The molecule has 0 aliphatic carbocycles. The molecule has 0 bridgehead atoms. The molecule has 1 heterocycles. The van der Waals surface area contributed by atoms with Gasteiger partial charge in [-0.2, -0.15) is 12.6 Å². The fourth-order valence-corrected chi connectivity index (χ4v) is 3.91. The second kappa shape index (κ2) is 17.6. The molecule has 10 N–H and O–H groups in total. The minimum atomic E-state index is -5.16. The van der Waals surface area contributed by atoms with Crippen molar-refractivity contribution in [2.24, 2.45) is 11.7 Å². The van der Waals surface area contributed by atoms with E-state index in [0.717, 1.165) is 0 Å². The molecule has 0 saturated carbocycles. The number of imidazole rings is 1. The van der Waals surface area contributed by atoms with Gasteiger partial charge in [0.15, 0.2) is 0 Å². The summed E-state index contributed by atoms with van der Waals surface area (Å²) in [7, 11) is -5.16. The van der Waals surface area contributed by atoms with E-state index in [9.17, 15) is 38.4 Å². The van der Waals surface area contributed by atoms with Gasteiger partial charge in [0.2, 0.25) is 23.6 Å². The third kappa shape index (κ3) is 14.0. The minimum Gasteiger partial charge on any atom is -0.481 e. The van der Waals surface area contributed by atoms with Crippen molar-refractivity contribution in [1.29, 1.82) is 0 Å². The highest BCUT2D eigenvalue weighted by atomic mass is 32.1. The molecule has 0 radical (unpaired) electrons. The molecule has 0 aliphatic rings. The minimum absolute atomic E-state index is 0.0301. The Balaban J connectivity index is 3.16. The van der Waals surface area contributed by atoms with Crippen molar-refractivity contribution in [2.45, 2.75) is 63.3 Å². The van der Waals surface area contributed by atoms with Gasteiger partial charge in [-0.05, 0) is 12.3 Å². The normalized spacial score (nSPS) is 15.0. The van der Waals surface area contributed by atoms with E-state index in [0.29, 0.717) is 12.0 Å². The number of thiol groups is 1. The molecule has 20 heteroatoms. The molecule has 0 saturated heterocycles. The summed E-state index contributed by atoms with van der Waals surface area (Å²) < 4.78 is 15.7. The van der Waals surface area contributed by atoms with Gasteiger partial charge in [0, 0.05) is 24.1 Å². The standard InChI is InChI=1S/C22H36N7O11PS/c1-11(2)3-15(27-19(33)14(23)9-42)21(35)29-17(8-40-41(37,38)39)22(36)28-16(5-18(31)32)20(34)26-13(7-30)4-12-6-24-10-25-12/h6-7,10-11,13-17,42H,3-5,8-9,23H2,1-2H3,(H,24,25)(H,26,34)(H,27,33)(H,28,36)(H,29,35)(H,31,32)(H2,37,38,39)/t13-,14-,15-,16-,17-/m0/s1. The number of nitrogens with zero attached hydrogens (tertiary/aromatic N) is 1. The summed E-state index contributed by atoms with van der Waals surface area (Å²) in [6, 6.07) is -7.10. The van der Waals surface area contributed by atoms with E-state index in [1.54, 1.807) is 13.8 Å². The summed E-state index contributed by atoms with van der Waals surface area (Å²) in [4.78, 5) is 98.9. The number of aromatic nitrogens is 2. The summed E-state index contributed by atoms with van der Waals surface area (Å²) in [5.74, 6) is -5.72. The first-order chi connectivity index (χ1) is 19.6. The lowest BCUT2D eigenvalue weighted by atomic mass is 10.0. The van der Waals surface area contributed by atoms with Gasteiger partial charge in [0.1, 0.15) is 24.4 Å². The highest BCUT2D eigenvalue weighted by Crippen LogP contribution is 2.35. The molecule has 0 aromatic carbocycles. The van der Waals surface area contributed by atoms with Gasteiger partial charge in [0.05, 0.1) is 31.4 Å². The number of carboxylic acids is 1. The molecule has 0 spiro atoms. The fourth-order valence-electron chi connectivity index (χ4n) is 3.40. The second-order valence-electron chi connectivity index (χ2n) is 9.52. The molecule has 4 amide bonds. The van der Waals surface area contributed by atoms with Gasteiger partial charge in [-0.25, -0.2) is 9.55 Å². The molecule has 1 aromatic heterocycles. The summed E-state index contributed by atoms with van der Waals surface area (Å²) in [5, 5.41) is 18.3. The van der Waals surface area contributed by atoms with Crippen molar-refractivity contribution in [2.75, 3.05) is 12.4 Å². The molecule has 42 heavy (non-hydrogen) atoms. The number of phosphoric ester groups is 1. The van der Waals surface area contributed by atoms with Crippen LogP contribution in [0.3, 0.4) is 0 Å². The van der Waals surface area contributed by atoms with E-state index in [4.69, 9.17) is 15.5 Å². The molecule has 236 valence electrons. The van der Waals surface area contributed by atoms with Crippen LogP contribution in [-0.4, -0.2) is 103 Å². The molecule has 0 aliphatic heterocycles. The molecular formula is C22H36N7O11PS. The summed E-state index contributed by atoms with van der Waals surface area (Å²) in [6.45, 7) is 2.37. The number of rotatable bonds is 19. The highest BCUT2D eigenvalue weighted by Gasteiger charge is 2.33. The van der Waals surface area contributed by atoms with Crippen molar-refractivity contribution in [3.8, 4) is 0 Å². The van der Waals surface area contributed by atoms with Gasteiger partial charge in [-0.3, -0.25) is 28.5 Å². The van der Waals surface area contributed by atoms with Gasteiger partial charge < -0.3 is 51.7 Å². The van der Waals surface area contributed by atoms with Crippen molar-refractivity contribution in [3.63, 3.8) is 0 Å². The maximum atomic E-state index is 13.1. The SMILES string of the molecule is CC(C)C[C@H](NC(=O)[C@@H](N)CS)C(=O)N[C@@H](COP(=O)(O)O)C(=O)N[C@@H](CC(=O)O)C(=O)N[C@H](C=O)Cc1cnc[nH]1. The average molecular weight is 638 g/mol. The van der Waals surface area contributed by atoms with E-state index in [2.05, 4.69) is 48.4 Å². The first kappa shape index (κ1) is 36.7. The number of nitrogens with two attached hydrogens (primary N) is 1. The lowest BCUT2D eigenvalue weighted by Gasteiger charge is -2.26. The first-order valence-electron chi connectivity index (χ1n) is 12.5. The molecule has 1 rings (SSSR count). The van der Waals surface area contributed by atoms with E-state index >= 15 is 0 Å². The van der Waals surface area contributed by atoms with Crippen LogP contribution in [-0.2, 0) is 44.3 Å². The number of phosphoric acid groups is 1. The molecule has 0 unspecified atom stereocenters. The number of nitrogens with one attached hydrogen (secondary N) is 5. The van der Waals surface area contributed by atoms with Crippen LogP contribution in [0.1, 0.15) is 32.4 Å². The zero-order valence-corrected chi connectivity index (χ0v) is 24.5. The van der Waals surface area contributed by atoms with Crippen LogP contribution >= 0.6 is 20.5 Å². The second-order valence-corrected chi connectivity index (χ2v) is 11.1. The Morgan fingerprint density at radius 1 is 1.05 bits per heavy atom. The van der Waals surface area contributed by atoms with Gasteiger partial charge in [-0.15, -0.1) is 0 Å². The zero-order valence-electron chi connectivity index (χ0n) is 22.8. The molecule has 18 nitrogen and oxygen atoms in total. The number of carboxylic acid groups (broad SMARTS) is 1. The molecule has 0 fully saturated rings. The quantitative estimate of drug-likeness (QED) is 0.0411. The average Bonchev–Trinajstić information content (AvgIpc) is 3.41. The smallest absolute Gasteiger partial charge is 0.469 e. The van der Waals surface area contributed by atoms with Crippen LogP contribution in [0.5, 0.6) is 0 Å². The Morgan fingerprint density at radius 2 is 1.62 bits per heavy atom. The number of aldehydes is 1. The number of aromatic amines is 1. The monoisotopic (exact) mass is 637 g/mol. The number of aliphatic carboxylic acids is 1. The van der Waals surface area contributed by atoms with Crippen LogP contribution in [0.25, 0.3) is 0 Å². The topological polar surface area (TPSA) is 292 Å². The Kier molecular flexibility index (Phi) is 15.3. The molecule has 5 atom stereocenters. The molecule has 1 aromatic rings. The van der Waals surface area contributed by atoms with Gasteiger partial charge >= 0.3 is 13.8 Å². The summed E-state index contributed by atoms with van der Waals surface area (Å²) >= 11 is 3.93. The number of hydrogen-bond donors (Lipinski definition) is 10. The van der Waals surface area contributed by atoms with E-state index in [1.807, 2.05) is 0 Å². The number of amides is 4. The van der Waals surface area contributed by atoms with E-state index in [-0.39, 0.29) is 24.5 Å². The summed E-state index contributed by atoms with van der Waals surface area (Å²) in [5.41, 5.74) is 6.12. The Labute approximate surface area is 246 Å². The van der Waals surface area contributed by atoms with Crippen molar-refractivity contribution in [1.82, 2.24) is 31.2 Å². The third-order valence-corrected chi connectivity index (χ3v) is 6.29. The fraction of sp³-hybridized carbons (Fsp3) is 0.591. The summed E-state index contributed by atoms with van der Waals surface area (Å²) in [6.07, 6.45) is 2.20. The van der Waals surface area contributed by atoms with Gasteiger partial charge in [0.25, 0.3) is 0 Å². The van der Waals surface area contributed by atoms with Crippen LogP contribution in [0.15, 0.2) is 12.5 Å². The van der Waals surface area contributed by atoms with Crippen LogP contribution in [0.4, 0.5) is 0 Å². The van der Waals surface area contributed by atoms with Crippen molar-refractivity contribution >= 4 is 56.3 Å². The Bertz CT molecular complexity index is 1130. The predicted octanol–water partition coefficient (Wildman–Crippen LogP) is -3.02. The lowest BCUT2D eigenvalue weighted by molar-refractivity contribution is -0.141. The maximum Gasteiger partial charge on any atom is 0.469 e. The number of H-pyrrole nitrogens is 1. The Morgan fingerprint density at radius 3 is 2.12 bits per heavy atom. The van der Waals surface area contributed by atoms with Gasteiger partial charge in [-0.1, -0.05) is 13.8 Å². The number of hydrogen-bond acceptors (Lipinski definition) is 11. The largest absolute Gasteiger partial charge is 0.481 e. The van der Waals surface area contributed by atoms with Crippen molar-refractivity contribution < 1.29 is 52.7 Å². The van der Waals surface area contributed by atoms with Crippen LogP contribution < -0.4 is 27.0 Å². The molecular weight excluding hydrogens is 601 g/mol.